The Hall–Kier alpha value is -2.45. The maximum absolute atomic E-state index is 12.7. The highest BCUT2D eigenvalue weighted by atomic mass is 79.9. The van der Waals surface area contributed by atoms with Gasteiger partial charge in [-0.3, -0.25) is 4.79 Å². The Morgan fingerprint density at radius 1 is 1.24 bits per heavy atom. The molecule has 2 aromatic heterocycles. The lowest BCUT2D eigenvalue weighted by Crippen LogP contribution is -2.40. The Kier molecular flexibility index (Phi) is 3.93. The maximum Gasteiger partial charge on any atom is 0.337 e. The third kappa shape index (κ3) is 2.77. The van der Waals surface area contributed by atoms with Gasteiger partial charge in [-0.2, -0.15) is 0 Å². The van der Waals surface area contributed by atoms with Crippen LogP contribution in [0.2, 0.25) is 0 Å². The summed E-state index contributed by atoms with van der Waals surface area (Å²) in [5.74, 6) is -1.10. The number of nitrogens with zero attached hydrogens (tertiary/aromatic N) is 2. The van der Waals surface area contributed by atoms with Crippen LogP contribution < -0.4 is 0 Å². The fourth-order valence-electron chi connectivity index (χ4n) is 3.07. The predicted molar refractivity (Wildman–Crippen MR) is 95.0 cm³/mol. The van der Waals surface area contributed by atoms with Crippen LogP contribution >= 0.6 is 15.9 Å². The first-order valence-corrected chi connectivity index (χ1v) is 8.56. The average molecular weight is 404 g/mol. The Morgan fingerprint density at radius 3 is 2.72 bits per heavy atom. The highest BCUT2D eigenvalue weighted by Gasteiger charge is 2.21. The number of pyridine rings is 1. The Morgan fingerprint density at radius 2 is 2.00 bits per heavy atom. The molecule has 0 aliphatic carbocycles. The van der Waals surface area contributed by atoms with Crippen molar-refractivity contribution in [2.75, 3.05) is 26.3 Å². The van der Waals surface area contributed by atoms with Crippen molar-refractivity contribution < 1.29 is 19.4 Å². The molecule has 1 amide bonds. The second-order valence-corrected chi connectivity index (χ2v) is 6.62. The zero-order valence-corrected chi connectivity index (χ0v) is 14.7. The molecule has 3 heterocycles. The largest absolute Gasteiger partial charge is 0.478 e. The van der Waals surface area contributed by atoms with Gasteiger partial charge in [0.2, 0.25) is 0 Å². The van der Waals surface area contributed by atoms with Gasteiger partial charge in [-0.05, 0) is 40.2 Å². The Balaban J connectivity index is 1.86. The van der Waals surface area contributed by atoms with Crippen molar-refractivity contribution in [2.24, 2.45) is 0 Å². The molecule has 0 spiro atoms. The van der Waals surface area contributed by atoms with E-state index in [2.05, 4.69) is 25.9 Å². The molecule has 0 saturated carbocycles. The standard InChI is InChI=1S/C17H14BrN3O4/c18-13-8-11(17(23)24)15-14(20-13)10-7-9(1-2-12(10)19-15)16(22)21-3-5-25-6-4-21/h1-2,7-8,19H,3-6H2,(H,23,24). The van der Waals surface area contributed by atoms with Crippen molar-refractivity contribution in [3.8, 4) is 0 Å². The summed E-state index contributed by atoms with van der Waals surface area (Å²) in [7, 11) is 0. The van der Waals surface area contributed by atoms with Crippen LogP contribution in [0.3, 0.4) is 0 Å². The normalized spacial score (nSPS) is 15.0. The van der Waals surface area contributed by atoms with Gasteiger partial charge in [-0.1, -0.05) is 0 Å². The van der Waals surface area contributed by atoms with Crippen LogP contribution in [0.15, 0.2) is 28.9 Å². The van der Waals surface area contributed by atoms with Gasteiger partial charge in [-0.25, -0.2) is 9.78 Å². The van der Waals surface area contributed by atoms with Gasteiger partial charge in [0.25, 0.3) is 5.91 Å². The van der Waals surface area contributed by atoms with Crippen LogP contribution in [0.1, 0.15) is 20.7 Å². The molecule has 0 unspecified atom stereocenters. The third-order valence-electron chi connectivity index (χ3n) is 4.30. The molecule has 1 aromatic carbocycles. The maximum atomic E-state index is 12.7. The summed E-state index contributed by atoms with van der Waals surface area (Å²) in [5, 5.41) is 10.1. The summed E-state index contributed by atoms with van der Waals surface area (Å²) >= 11 is 3.25. The zero-order valence-electron chi connectivity index (χ0n) is 13.1. The minimum absolute atomic E-state index is 0.0620. The average Bonchev–Trinajstić information content (AvgIpc) is 2.98. The molecule has 2 N–H and O–H groups in total. The van der Waals surface area contributed by atoms with E-state index in [1.165, 1.54) is 6.07 Å². The quantitative estimate of drug-likeness (QED) is 0.641. The van der Waals surface area contributed by atoms with E-state index in [0.717, 1.165) is 10.9 Å². The number of carboxylic acid groups (broad SMARTS) is 1. The molecule has 1 fully saturated rings. The number of aromatic amines is 1. The van der Waals surface area contributed by atoms with E-state index in [4.69, 9.17) is 4.74 Å². The van der Waals surface area contributed by atoms with Crippen molar-refractivity contribution in [1.29, 1.82) is 0 Å². The van der Waals surface area contributed by atoms with Crippen molar-refractivity contribution >= 4 is 49.7 Å². The number of aromatic carboxylic acids is 1. The molecule has 0 bridgehead atoms. The summed E-state index contributed by atoms with van der Waals surface area (Å²) in [6.07, 6.45) is 0. The number of H-pyrrole nitrogens is 1. The van der Waals surface area contributed by atoms with Gasteiger partial charge in [-0.15, -0.1) is 0 Å². The highest BCUT2D eigenvalue weighted by Crippen LogP contribution is 2.29. The van der Waals surface area contributed by atoms with Crippen molar-refractivity contribution in [2.45, 2.75) is 0 Å². The molecule has 0 radical (unpaired) electrons. The molecule has 25 heavy (non-hydrogen) atoms. The van der Waals surface area contributed by atoms with Crippen LogP contribution in [0.4, 0.5) is 0 Å². The first kappa shape index (κ1) is 16.0. The highest BCUT2D eigenvalue weighted by molar-refractivity contribution is 9.10. The summed E-state index contributed by atoms with van der Waals surface area (Å²) in [6, 6.07) is 6.74. The first-order chi connectivity index (χ1) is 12.0. The Labute approximate surface area is 150 Å². The van der Waals surface area contributed by atoms with Crippen molar-refractivity contribution in [3.63, 3.8) is 0 Å². The predicted octanol–water partition coefficient (Wildman–Crippen LogP) is 2.65. The van der Waals surface area contributed by atoms with Gasteiger partial charge in [0.1, 0.15) is 4.60 Å². The molecule has 3 aromatic rings. The number of rotatable bonds is 2. The smallest absolute Gasteiger partial charge is 0.337 e. The molecule has 4 rings (SSSR count). The van der Waals surface area contributed by atoms with Crippen LogP contribution in [-0.2, 0) is 4.74 Å². The molecule has 1 aliphatic rings. The molecule has 128 valence electrons. The lowest BCUT2D eigenvalue weighted by Gasteiger charge is -2.26. The number of carbonyl (C=O) groups excluding carboxylic acids is 1. The summed E-state index contributed by atoms with van der Waals surface area (Å²) in [5.41, 5.74) is 2.39. The topological polar surface area (TPSA) is 95.5 Å². The molecule has 1 aliphatic heterocycles. The number of ether oxygens (including phenoxy) is 1. The zero-order chi connectivity index (χ0) is 17.6. The van der Waals surface area contributed by atoms with Gasteiger partial charge >= 0.3 is 5.97 Å². The summed E-state index contributed by atoms with van der Waals surface area (Å²) in [4.78, 5) is 33.4. The number of hydrogen-bond acceptors (Lipinski definition) is 4. The van der Waals surface area contributed by atoms with E-state index in [1.54, 1.807) is 23.1 Å². The molecule has 1 saturated heterocycles. The van der Waals surface area contributed by atoms with E-state index in [1.807, 2.05) is 0 Å². The fourth-order valence-corrected chi connectivity index (χ4v) is 3.48. The lowest BCUT2D eigenvalue weighted by molar-refractivity contribution is 0.0303. The minimum atomic E-state index is -1.04. The number of nitrogens with one attached hydrogen (secondary N) is 1. The molecule has 8 heteroatoms. The van der Waals surface area contributed by atoms with Crippen LogP contribution in [0.5, 0.6) is 0 Å². The van der Waals surface area contributed by atoms with Gasteiger partial charge in [0.15, 0.2) is 0 Å². The Bertz CT molecular complexity index is 1010. The van der Waals surface area contributed by atoms with E-state index in [-0.39, 0.29) is 11.5 Å². The number of halogens is 1. The fraction of sp³-hybridized carbons (Fsp3) is 0.235. The van der Waals surface area contributed by atoms with Crippen LogP contribution in [0.25, 0.3) is 21.9 Å². The van der Waals surface area contributed by atoms with Crippen molar-refractivity contribution in [3.05, 3.63) is 40.0 Å². The second kappa shape index (κ2) is 6.12. The summed E-state index contributed by atoms with van der Waals surface area (Å²) in [6.45, 7) is 2.21. The van der Waals surface area contributed by atoms with E-state index in [9.17, 15) is 14.7 Å². The van der Waals surface area contributed by atoms with E-state index >= 15 is 0 Å². The minimum Gasteiger partial charge on any atom is -0.478 e. The van der Waals surface area contributed by atoms with Gasteiger partial charge < -0.3 is 19.7 Å². The number of hydrogen-bond donors (Lipinski definition) is 2. The number of morpholine rings is 1. The number of amides is 1. The molecule has 7 nitrogen and oxygen atoms in total. The number of carbonyl (C=O) groups is 2. The number of benzene rings is 1. The second-order valence-electron chi connectivity index (χ2n) is 5.81. The SMILES string of the molecule is O=C(O)c1cc(Br)nc2c1[nH]c1ccc(C(=O)N3CCOCC3)cc12. The third-order valence-corrected chi connectivity index (χ3v) is 4.70. The van der Waals surface area contributed by atoms with E-state index in [0.29, 0.717) is 47.5 Å². The number of aromatic nitrogens is 2. The lowest BCUT2D eigenvalue weighted by atomic mass is 10.1. The van der Waals surface area contributed by atoms with Gasteiger partial charge in [0.05, 0.1) is 29.8 Å². The van der Waals surface area contributed by atoms with Crippen LogP contribution in [0, 0.1) is 0 Å². The molecular weight excluding hydrogens is 390 g/mol. The molecular formula is C17H14BrN3O4. The van der Waals surface area contributed by atoms with Gasteiger partial charge in [0, 0.05) is 29.6 Å². The monoisotopic (exact) mass is 403 g/mol. The first-order valence-electron chi connectivity index (χ1n) is 7.77. The van der Waals surface area contributed by atoms with E-state index < -0.39 is 5.97 Å². The summed E-state index contributed by atoms with van der Waals surface area (Å²) < 4.78 is 5.71. The van der Waals surface area contributed by atoms with Crippen molar-refractivity contribution in [1.82, 2.24) is 14.9 Å². The van der Waals surface area contributed by atoms with Crippen LogP contribution in [-0.4, -0.2) is 58.2 Å². The number of fused-ring (bicyclic) bond motifs is 3. The molecule has 0 atom stereocenters. The number of carboxylic acids is 1.